The Kier molecular flexibility index (Phi) is 6.66. The fraction of sp³-hybridized carbons (Fsp3) is 0.958. The normalized spacial score (nSPS) is 51.1. The van der Waals surface area contributed by atoms with Crippen molar-refractivity contribution in [3.8, 4) is 0 Å². The van der Waals surface area contributed by atoms with Crippen molar-refractivity contribution in [1.29, 1.82) is 0 Å². The molecule has 0 aromatic rings. The molecule has 0 heterocycles. The number of carbonyl (C=O) groups excluding carboxylic acids is 1. The van der Waals surface area contributed by atoms with Crippen molar-refractivity contribution in [2.75, 3.05) is 0 Å². The Labute approximate surface area is 181 Å². The summed E-state index contributed by atoms with van der Waals surface area (Å²) in [5.41, 5.74) is -0.172. The van der Waals surface area contributed by atoms with E-state index in [1.165, 1.54) is 0 Å². The van der Waals surface area contributed by atoms with Crippen LogP contribution in [0.15, 0.2) is 0 Å². The second kappa shape index (κ2) is 8.34. The molecule has 4 saturated carbocycles. The first-order valence-corrected chi connectivity index (χ1v) is 11.8. The molecule has 4 fully saturated rings. The third-order valence-corrected chi connectivity index (χ3v) is 10.3. The molecule has 0 saturated heterocycles. The van der Waals surface area contributed by atoms with Gasteiger partial charge in [0.15, 0.2) is 0 Å². The van der Waals surface area contributed by atoms with Crippen molar-refractivity contribution in [2.45, 2.75) is 96.9 Å². The molecule has 30 heavy (non-hydrogen) atoms. The van der Waals surface area contributed by atoms with Crippen LogP contribution in [0.4, 0.5) is 0 Å². The lowest BCUT2D eigenvalue weighted by atomic mass is 9.43. The molecule has 0 aromatic carbocycles. The summed E-state index contributed by atoms with van der Waals surface area (Å²) in [4.78, 5) is 11.0. The van der Waals surface area contributed by atoms with Gasteiger partial charge in [0.05, 0.1) is 18.3 Å². The molecule has 6 nitrogen and oxygen atoms in total. The number of rotatable bonds is 4. The summed E-state index contributed by atoms with van der Waals surface area (Å²) in [5.74, 6) is 0.635. The number of hydrogen-bond acceptors (Lipinski definition) is 5. The lowest BCUT2D eigenvalue weighted by molar-refractivity contribution is -0.306. The van der Waals surface area contributed by atoms with E-state index in [0.29, 0.717) is 18.3 Å². The fourth-order valence-corrected chi connectivity index (χ4v) is 8.68. The van der Waals surface area contributed by atoms with Crippen LogP contribution in [-0.4, -0.2) is 39.6 Å². The van der Waals surface area contributed by atoms with Crippen molar-refractivity contribution in [3.05, 3.63) is 0 Å². The molecule has 4 aliphatic carbocycles. The molecule has 7 N–H and O–H groups in total. The van der Waals surface area contributed by atoms with E-state index in [4.69, 9.17) is 0 Å². The zero-order valence-electron chi connectivity index (χ0n) is 19.2. The number of aliphatic hydroxyl groups excluding tert-OH is 3. The van der Waals surface area contributed by atoms with Crippen LogP contribution in [0.2, 0.25) is 0 Å². The van der Waals surface area contributed by atoms with Crippen molar-refractivity contribution in [3.63, 3.8) is 0 Å². The van der Waals surface area contributed by atoms with Crippen molar-refractivity contribution >= 4 is 5.97 Å². The van der Waals surface area contributed by atoms with E-state index in [2.05, 4.69) is 20.8 Å². The van der Waals surface area contributed by atoms with E-state index in [0.717, 1.165) is 44.9 Å². The lowest BCUT2D eigenvalue weighted by Gasteiger charge is -2.63. The SMILES string of the molecule is CC(CCC(=O)[O-])C1CCC2C3C(O)CC4CC(O)CCC4(C)C3CC(O)C12C.[NH4+]. The van der Waals surface area contributed by atoms with Gasteiger partial charge in [-0.05, 0) is 104 Å². The van der Waals surface area contributed by atoms with Crippen LogP contribution >= 0.6 is 0 Å². The number of carbonyl (C=O) groups is 1. The third-order valence-electron chi connectivity index (χ3n) is 10.3. The molecule has 0 aliphatic heterocycles. The molecule has 0 amide bonds. The maximum absolute atomic E-state index is 11.5. The summed E-state index contributed by atoms with van der Waals surface area (Å²) in [6.07, 6.45) is 5.72. The maximum atomic E-state index is 11.5. The zero-order chi connectivity index (χ0) is 21.1. The third kappa shape index (κ3) is 3.52. The Bertz CT molecular complexity index is 643. The number of carboxylic acid groups (broad SMARTS) is 1. The summed E-state index contributed by atoms with van der Waals surface area (Å²) >= 11 is 0. The van der Waals surface area contributed by atoms with Crippen LogP contribution in [0.3, 0.4) is 0 Å². The molecule has 0 radical (unpaired) electrons. The lowest BCUT2D eigenvalue weighted by Crippen LogP contribution is -2.62. The van der Waals surface area contributed by atoms with Gasteiger partial charge < -0.3 is 31.4 Å². The van der Waals surface area contributed by atoms with Gasteiger partial charge in [0.25, 0.3) is 0 Å². The number of hydrogen-bond donors (Lipinski definition) is 4. The van der Waals surface area contributed by atoms with E-state index < -0.39 is 12.1 Å². The minimum atomic E-state index is -0.998. The van der Waals surface area contributed by atoms with E-state index in [1.54, 1.807) is 0 Å². The number of aliphatic carboxylic acids is 1. The maximum Gasteiger partial charge on any atom is 0.0602 e. The first-order chi connectivity index (χ1) is 13.6. The summed E-state index contributed by atoms with van der Waals surface area (Å²) in [5, 5.41) is 43.9. The average Bonchev–Trinajstić information content (AvgIpc) is 3.01. The van der Waals surface area contributed by atoms with Gasteiger partial charge in [-0.15, -0.1) is 0 Å². The van der Waals surface area contributed by atoms with Crippen LogP contribution in [0.1, 0.15) is 78.6 Å². The Morgan fingerprint density at radius 1 is 1.07 bits per heavy atom. The van der Waals surface area contributed by atoms with Gasteiger partial charge in [-0.1, -0.05) is 20.8 Å². The smallest absolute Gasteiger partial charge is 0.0602 e. The highest BCUT2D eigenvalue weighted by Crippen LogP contribution is 2.68. The molecule has 11 unspecified atom stereocenters. The molecule has 11 atom stereocenters. The van der Waals surface area contributed by atoms with E-state index >= 15 is 0 Å². The summed E-state index contributed by atoms with van der Waals surface area (Å²) in [6.45, 7) is 6.67. The Balaban J connectivity index is 0.00000256. The second-order valence-corrected chi connectivity index (χ2v) is 11.4. The summed E-state index contributed by atoms with van der Waals surface area (Å²) in [6, 6.07) is 0. The largest absolute Gasteiger partial charge is 0.550 e. The topological polar surface area (TPSA) is 137 Å². The molecule has 6 heteroatoms. The van der Waals surface area contributed by atoms with E-state index in [-0.39, 0.29) is 59.3 Å². The van der Waals surface area contributed by atoms with Gasteiger partial charge in [-0.2, -0.15) is 0 Å². The predicted octanol–water partition coefficient (Wildman–Crippen LogP) is 2.49. The van der Waals surface area contributed by atoms with Crippen LogP contribution in [0.5, 0.6) is 0 Å². The first kappa shape index (κ1) is 24.0. The second-order valence-electron chi connectivity index (χ2n) is 11.4. The Morgan fingerprint density at radius 2 is 1.77 bits per heavy atom. The van der Waals surface area contributed by atoms with E-state index in [1.807, 2.05) is 0 Å². The van der Waals surface area contributed by atoms with Gasteiger partial charge in [-0.25, -0.2) is 0 Å². The number of quaternary nitrogens is 1. The summed E-state index contributed by atoms with van der Waals surface area (Å²) in [7, 11) is 0. The monoisotopic (exact) mass is 425 g/mol. The van der Waals surface area contributed by atoms with Crippen LogP contribution in [-0.2, 0) is 4.79 Å². The fourth-order valence-electron chi connectivity index (χ4n) is 8.68. The van der Waals surface area contributed by atoms with Gasteiger partial charge in [0.2, 0.25) is 0 Å². The highest BCUT2D eigenvalue weighted by atomic mass is 16.4. The van der Waals surface area contributed by atoms with Crippen LogP contribution < -0.4 is 11.3 Å². The first-order valence-electron chi connectivity index (χ1n) is 11.8. The molecule has 0 bridgehead atoms. The van der Waals surface area contributed by atoms with Crippen molar-refractivity contribution in [1.82, 2.24) is 6.15 Å². The number of fused-ring (bicyclic) bond motifs is 5. The van der Waals surface area contributed by atoms with Crippen LogP contribution in [0, 0.1) is 46.3 Å². The molecular weight excluding hydrogens is 382 g/mol. The molecule has 0 spiro atoms. The minimum Gasteiger partial charge on any atom is -0.550 e. The van der Waals surface area contributed by atoms with E-state index in [9.17, 15) is 25.2 Å². The molecule has 4 aliphatic rings. The van der Waals surface area contributed by atoms with Crippen molar-refractivity contribution < 1.29 is 25.2 Å². The highest BCUT2D eigenvalue weighted by Gasteiger charge is 2.65. The van der Waals surface area contributed by atoms with Gasteiger partial charge in [0.1, 0.15) is 0 Å². The number of aliphatic hydroxyl groups is 3. The number of carboxylic acids is 1. The van der Waals surface area contributed by atoms with Gasteiger partial charge in [0, 0.05) is 5.97 Å². The quantitative estimate of drug-likeness (QED) is 0.548. The standard InChI is InChI=1S/C24H40O5.H3N/c1-13(4-7-21(28)29)16-5-6-17-22-18(12-20(27)24(16,17)3)23(2)9-8-15(25)10-14(23)11-19(22)26;/h13-20,22,25-27H,4-12H2,1-3H3,(H,28,29);1H3. The minimum absolute atomic E-state index is 0. The van der Waals surface area contributed by atoms with Crippen molar-refractivity contribution in [2.24, 2.45) is 46.3 Å². The Hall–Kier alpha value is -0.690. The Morgan fingerprint density at radius 3 is 2.43 bits per heavy atom. The molecular formula is C24H43NO5. The summed E-state index contributed by atoms with van der Waals surface area (Å²) < 4.78 is 0. The average molecular weight is 426 g/mol. The molecule has 174 valence electrons. The molecule has 4 rings (SSSR count). The van der Waals surface area contributed by atoms with Gasteiger partial charge >= 0.3 is 0 Å². The highest BCUT2D eigenvalue weighted by molar-refractivity contribution is 5.64. The predicted molar refractivity (Wildman–Crippen MR) is 113 cm³/mol. The van der Waals surface area contributed by atoms with Crippen LogP contribution in [0.25, 0.3) is 0 Å². The molecule has 0 aromatic heterocycles. The zero-order valence-corrected chi connectivity index (χ0v) is 19.2. The van der Waals surface area contributed by atoms with Gasteiger partial charge in [-0.3, -0.25) is 0 Å².